The average Bonchev–Trinajstić information content (AvgIpc) is 3.85. The topological polar surface area (TPSA) is 0 Å². The molecule has 4 aliphatic carbocycles. The number of benzene rings is 3. The Kier molecular flexibility index (Phi) is 5.35. The molecule has 0 aliphatic heterocycles. The smallest absolute Gasteiger partial charge is 0.165 e. The SMILES string of the molecule is Cc1cc2sc(C3=Cc4cc5c(cc4C3)-c3cc4c(cc3C5)-c3cc5c(cc3C4)C=C(c3cc4sc(C(F)(F)F)cc4s3)C5)cc2s1. The van der Waals surface area contributed by atoms with Crippen molar-refractivity contribution >= 4 is 87.4 Å². The Balaban J connectivity index is 0.878. The van der Waals surface area contributed by atoms with Crippen molar-refractivity contribution in [1.82, 2.24) is 0 Å². The van der Waals surface area contributed by atoms with Gasteiger partial charge in [-0.15, -0.1) is 45.3 Å². The molecular weight excluding hydrogens is 666 g/mol. The van der Waals surface area contributed by atoms with E-state index in [-0.39, 0.29) is 0 Å². The van der Waals surface area contributed by atoms with E-state index >= 15 is 0 Å². The molecule has 0 saturated heterocycles. The van der Waals surface area contributed by atoms with Crippen molar-refractivity contribution in [2.75, 3.05) is 0 Å². The highest BCUT2D eigenvalue weighted by molar-refractivity contribution is 7.29. The standard InChI is InChI=1S/C40H23F3S4/c1-18-2-35-36(44-18)15-33(45-35)27-5-19-3-23-9-25-14-32-26(13-31(25)29(23)11-21(19)7-27)10-24-4-20-6-28(8-22(20)12-30(24)32)34-16-37-38(46-34)17-39(47-37)40(41,42)43/h2-6,11-17H,7-10H2,1H3. The Morgan fingerprint density at radius 1 is 0.468 bits per heavy atom. The predicted octanol–water partition coefficient (Wildman–Crippen LogP) is 12.9. The minimum atomic E-state index is -4.28. The minimum absolute atomic E-state index is 0.516. The molecule has 4 aliphatic rings. The third-order valence-electron chi connectivity index (χ3n) is 10.3. The van der Waals surface area contributed by atoms with Gasteiger partial charge in [0.15, 0.2) is 0 Å². The fourth-order valence-electron chi connectivity index (χ4n) is 8.13. The third-order valence-corrected chi connectivity index (χ3v) is 15.0. The number of hydrogen-bond acceptors (Lipinski definition) is 4. The van der Waals surface area contributed by atoms with Crippen LogP contribution >= 0.6 is 45.3 Å². The lowest BCUT2D eigenvalue weighted by molar-refractivity contribution is -0.134. The van der Waals surface area contributed by atoms with E-state index in [1.54, 1.807) is 0 Å². The Morgan fingerprint density at radius 2 is 0.915 bits per heavy atom. The molecule has 0 bridgehead atoms. The summed E-state index contributed by atoms with van der Waals surface area (Å²) in [6, 6.07) is 22.5. The Hall–Kier alpha value is -3.75. The summed E-state index contributed by atoms with van der Waals surface area (Å²) in [5.74, 6) is 0. The van der Waals surface area contributed by atoms with Crippen LogP contribution in [-0.2, 0) is 31.9 Å². The lowest BCUT2D eigenvalue weighted by Gasteiger charge is -2.09. The summed E-state index contributed by atoms with van der Waals surface area (Å²) in [6.07, 6.45) is 4.11. The van der Waals surface area contributed by atoms with Gasteiger partial charge in [0.25, 0.3) is 0 Å². The van der Waals surface area contributed by atoms with Gasteiger partial charge in [-0.25, -0.2) is 0 Å². The Morgan fingerprint density at radius 3 is 1.40 bits per heavy atom. The van der Waals surface area contributed by atoms with Crippen LogP contribution in [0.2, 0.25) is 0 Å². The molecule has 0 nitrogen and oxygen atoms in total. The van der Waals surface area contributed by atoms with Gasteiger partial charge in [0.1, 0.15) is 4.88 Å². The van der Waals surface area contributed by atoms with E-state index in [0.717, 1.165) is 51.3 Å². The highest BCUT2D eigenvalue weighted by Crippen LogP contribution is 2.50. The fourth-order valence-corrected chi connectivity index (χ4v) is 12.7. The molecule has 0 atom stereocenters. The number of thiophene rings is 4. The Labute approximate surface area is 284 Å². The number of hydrogen-bond donors (Lipinski definition) is 0. The van der Waals surface area contributed by atoms with E-state index in [4.69, 9.17) is 0 Å². The molecule has 7 heteroatoms. The molecule has 4 heterocycles. The largest absolute Gasteiger partial charge is 0.425 e. The zero-order valence-electron chi connectivity index (χ0n) is 25.0. The van der Waals surface area contributed by atoms with Gasteiger partial charge >= 0.3 is 6.18 Å². The van der Waals surface area contributed by atoms with E-state index in [0.29, 0.717) is 0 Å². The van der Waals surface area contributed by atoms with Crippen molar-refractivity contribution in [1.29, 1.82) is 0 Å². The van der Waals surface area contributed by atoms with Gasteiger partial charge in [-0.3, -0.25) is 0 Å². The molecular formula is C40H23F3S4. The molecule has 11 rings (SSSR count). The van der Waals surface area contributed by atoms with Gasteiger partial charge in [0.05, 0.1) is 0 Å². The van der Waals surface area contributed by atoms with Crippen molar-refractivity contribution in [2.45, 2.75) is 38.8 Å². The zero-order chi connectivity index (χ0) is 31.3. The van der Waals surface area contributed by atoms with Crippen LogP contribution in [0.15, 0.2) is 60.7 Å². The van der Waals surface area contributed by atoms with Crippen LogP contribution < -0.4 is 0 Å². The lowest BCUT2D eigenvalue weighted by Crippen LogP contribution is -2.00. The average molecular weight is 689 g/mol. The number of fused-ring (bicyclic) bond motifs is 10. The van der Waals surface area contributed by atoms with E-state index < -0.39 is 11.1 Å². The summed E-state index contributed by atoms with van der Waals surface area (Å²) < 4.78 is 43.8. The molecule has 47 heavy (non-hydrogen) atoms. The molecule has 0 unspecified atom stereocenters. The van der Waals surface area contributed by atoms with Crippen molar-refractivity contribution in [3.05, 3.63) is 125 Å². The van der Waals surface area contributed by atoms with E-state index in [1.165, 1.54) is 114 Å². The second kappa shape index (κ2) is 9.23. The first-order chi connectivity index (χ1) is 22.7. The molecule has 0 fully saturated rings. The zero-order valence-corrected chi connectivity index (χ0v) is 28.3. The predicted molar refractivity (Wildman–Crippen MR) is 195 cm³/mol. The summed E-state index contributed by atoms with van der Waals surface area (Å²) in [5, 5.41) is 0. The summed E-state index contributed by atoms with van der Waals surface area (Å²) in [4.78, 5) is 3.35. The maximum absolute atomic E-state index is 13.2. The van der Waals surface area contributed by atoms with Crippen molar-refractivity contribution in [3.63, 3.8) is 0 Å². The highest BCUT2D eigenvalue weighted by atomic mass is 32.1. The van der Waals surface area contributed by atoms with E-state index in [9.17, 15) is 13.2 Å². The quantitative estimate of drug-likeness (QED) is 0.170. The monoisotopic (exact) mass is 688 g/mol. The number of allylic oxidation sites excluding steroid dienone is 2. The van der Waals surface area contributed by atoms with Crippen molar-refractivity contribution in [2.24, 2.45) is 0 Å². The second-order valence-corrected chi connectivity index (χ2v) is 17.8. The maximum atomic E-state index is 13.2. The molecule has 228 valence electrons. The minimum Gasteiger partial charge on any atom is -0.165 e. The van der Waals surface area contributed by atoms with Gasteiger partial charge < -0.3 is 0 Å². The summed E-state index contributed by atoms with van der Waals surface area (Å²) in [7, 11) is 0. The van der Waals surface area contributed by atoms with Crippen molar-refractivity contribution in [3.8, 4) is 22.3 Å². The van der Waals surface area contributed by atoms with Crippen LogP contribution in [0.25, 0.3) is 64.4 Å². The van der Waals surface area contributed by atoms with Crippen LogP contribution in [0.1, 0.15) is 64.0 Å². The second-order valence-electron chi connectivity index (χ2n) is 13.3. The number of aryl methyl sites for hydroxylation is 1. The van der Waals surface area contributed by atoms with Gasteiger partial charge in [0.2, 0.25) is 0 Å². The fraction of sp³-hybridized carbons (Fsp3) is 0.150. The van der Waals surface area contributed by atoms with Crippen LogP contribution in [0, 0.1) is 6.92 Å². The molecule has 4 aromatic heterocycles. The molecule has 0 saturated carbocycles. The van der Waals surface area contributed by atoms with Crippen LogP contribution in [0.4, 0.5) is 13.2 Å². The van der Waals surface area contributed by atoms with Gasteiger partial charge in [-0.05, 0) is 171 Å². The highest BCUT2D eigenvalue weighted by Gasteiger charge is 2.34. The van der Waals surface area contributed by atoms with E-state index in [2.05, 4.69) is 67.6 Å². The normalized spacial score (nSPS) is 15.6. The molecule has 0 spiro atoms. The molecule has 0 N–H and O–H groups in total. The Bertz CT molecular complexity index is 2560. The summed E-state index contributed by atoms with van der Waals surface area (Å²) in [5.41, 5.74) is 19.2. The number of alkyl halides is 3. The summed E-state index contributed by atoms with van der Waals surface area (Å²) >= 11 is 6.13. The molecule has 0 radical (unpaired) electrons. The van der Waals surface area contributed by atoms with Crippen molar-refractivity contribution < 1.29 is 13.2 Å². The first kappa shape index (κ1) is 27.2. The number of halogens is 3. The number of rotatable bonds is 2. The first-order valence-electron chi connectivity index (χ1n) is 15.7. The molecule has 7 aromatic rings. The first-order valence-corrected chi connectivity index (χ1v) is 19.0. The van der Waals surface area contributed by atoms with Crippen LogP contribution in [0.5, 0.6) is 0 Å². The third kappa shape index (κ3) is 4.03. The van der Waals surface area contributed by atoms with Crippen LogP contribution in [0.3, 0.4) is 0 Å². The lowest BCUT2D eigenvalue weighted by atomic mass is 9.95. The van der Waals surface area contributed by atoms with Gasteiger partial charge in [0, 0.05) is 33.4 Å². The molecule has 3 aromatic carbocycles. The van der Waals surface area contributed by atoms with Gasteiger partial charge in [-0.1, -0.05) is 12.1 Å². The molecule has 0 amide bonds. The van der Waals surface area contributed by atoms with Crippen LogP contribution in [-0.4, -0.2) is 0 Å². The van der Waals surface area contributed by atoms with Gasteiger partial charge in [-0.2, -0.15) is 13.2 Å². The van der Waals surface area contributed by atoms with E-state index in [1.807, 2.05) is 28.7 Å². The summed E-state index contributed by atoms with van der Waals surface area (Å²) in [6.45, 7) is 2.19. The maximum Gasteiger partial charge on any atom is 0.425 e.